The van der Waals surface area contributed by atoms with Crippen molar-refractivity contribution in [1.29, 1.82) is 0 Å². The number of nitrogens with one attached hydrogen (secondary N) is 1. The monoisotopic (exact) mass is 338 g/mol. The average molecular weight is 339 g/mol. The number of likely N-dealkylation sites (tertiary alicyclic amines) is 1. The average Bonchev–Trinajstić information content (AvgIpc) is 2.53. The van der Waals surface area contributed by atoms with Gasteiger partial charge in [0.25, 0.3) is 5.91 Å². The zero-order valence-corrected chi connectivity index (χ0v) is 15.0. The highest BCUT2D eigenvalue weighted by atomic mass is 35.5. The van der Waals surface area contributed by atoms with Gasteiger partial charge in [-0.2, -0.15) is 0 Å². The van der Waals surface area contributed by atoms with Crippen LogP contribution in [0.1, 0.15) is 33.6 Å². The fraction of sp³-hybridized carbons (Fsp3) is 0.611. The molecule has 5 heteroatoms. The van der Waals surface area contributed by atoms with Crippen molar-refractivity contribution in [2.75, 3.05) is 19.6 Å². The second-order valence-corrected chi connectivity index (χ2v) is 6.97. The predicted octanol–water partition coefficient (Wildman–Crippen LogP) is 3.34. The van der Waals surface area contributed by atoms with E-state index >= 15 is 0 Å². The highest BCUT2D eigenvalue weighted by molar-refractivity contribution is 6.30. The van der Waals surface area contributed by atoms with Crippen LogP contribution in [0.4, 0.5) is 0 Å². The molecule has 0 radical (unpaired) electrons. The zero-order valence-electron chi connectivity index (χ0n) is 14.2. The first-order valence-electron chi connectivity index (χ1n) is 8.39. The molecule has 0 aliphatic carbocycles. The summed E-state index contributed by atoms with van der Waals surface area (Å²) >= 11 is 5.92. The number of piperidine rings is 1. The molecule has 1 fully saturated rings. The van der Waals surface area contributed by atoms with Crippen molar-refractivity contribution in [1.82, 2.24) is 10.2 Å². The van der Waals surface area contributed by atoms with Crippen LogP contribution in [0.15, 0.2) is 24.3 Å². The minimum absolute atomic E-state index is 0.0952. The van der Waals surface area contributed by atoms with Crippen LogP contribution in [0.5, 0.6) is 5.75 Å². The van der Waals surface area contributed by atoms with E-state index in [1.165, 1.54) is 12.8 Å². The van der Waals surface area contributed by atoms with Crippen LogP contribution in [0.3, 0.4) is 0 Å². The van der Waals surface area contributed by atoms with Crippen molar-refractivity contribution in [3.05, 3.63) is 29.3 Å². The second-order valence-electron chi connectivity index (χ2n) is 6.53. The molecule has 0 spiro atoms. The van der Waals surface area contributed by atoms with Gasteiger partial charge in [-0.3, -0.25) is 9.69 Å². The van der Waals surface area contributed by atoms with Crippen LogP contribution < -0.4 is 10.1 Å². The summed E-state index contributed by atoms with van der Waals surface area (Å²) in [6, 6.07) is 7.45. The van der Waals surface area contributed by atoms with Crippen LogP contribution in [-0.2, 0) is 4.79 Å². The molecule has 1 aliphatic rings. The molecule has 1 aromatic carbocycles. The number of halogens is 1. The fourth-order valence-electron chi connectivity index (χ4n) is 2.79. The normalized spacial score (nSPS) is 19.1. The SMILES string of the molecule is CC1CCN([C@@H](C)CNC(=O)[C@H](C)Oc2cccc(Cl)c2)CC1. The number of nitrogens with zero attached hydrogens (tertiary/aromatic N) is 1. The van der Waals surface area contributed by atoms with Gasteiger partial charge in [0, 0.05) is 17.6 Å². The van der Waals surface area contributed by atoms with Gasteiger partial charge in [0.05, 0.1) is 0 Å². The lowest BCUT2D eigenvalue weighted by molar-refractivity contribution is -0.127. The van der Waals surface area contributed by atoms with E-state index in [-0.39, 0.29) is 5.91 Å². The van der Waals surface area contributed by atoms with E-state index in [0.29, 0.717) is 23.4 Å². The van der Waals surface area contributed by atoms with Crippen molar-refractivity contribution < 1.29 is 9.53 Å². The topological polar surface area (TPSA) is 41.6 Å². The number of carbonyl (C=O) groups excluding carboxylic acids is 1. The lowest BCUT2D eigenvalue weighted by Gasteiger charge is -2.35. The summed E-state index contributed by atoms with van der Waals surface area (Å²) in [4.78, 5) is 14.6. The van der Waals surface area contributed by atoms with E-state index in [4.69, 9.17) is 16.3 Å². The summed E-state index contributed by atoms with van der Waals surface area (Å²) in [6.07, 6.45) is 1.95. The molecule has 1 N–H and O–H groups in total. The highest BCUT2D eigenvalue weighted by Gasteiger charge is 2.22. The van der Waals surface area contributed by atoms with E-state index < -0.39 is 6.10 Å². The van der Waals surface area contributed by atoms with Gasteiger partial charge >= 0.3 is 0 Å². The molecule has 23 heavy (non-hydrogen) atoms. The van der Waals surface area contributed by atoms with Gasteiger partial charge in [0.2, 0.25) is 0 Å². The number of rotatable bonds is 6. The molecule has 0 saturated carbocycles. The van der Waals surface area contributed by atoms with Gasteiger partial charge in [-0.1, -0.05) is 24.6 Å². The highest BCUT2D eigenvalue weighted by Crippen LogP contribution is 2.19. The van der Waals surface area contributed by atoms with Crippen molar-refractivity contribution in [2.24, 2.45) is 5.92 Å². The van der Waals surface area contributed by atoms with E-state index in [9.17, 15) is 4.79 Å². The second kappa shape index (κ2) is 8.55. The van der Waals surface area contributed by atoms with Crippen molar-refractivity contribution in [3.63, 3.8) is 0 Å². The number of hydrogen-bond acceptors (Lipinski definition) is 3. The molecule has 2 atom stereocenters. The fourth-order valence-corrected chi connectivity index (χ4v) is 2.97. The third-order valence-electron chi connectivity index (χ3n) is 4.49. The van der Waals surface area contributed by atoms with Crippen LogP contribution in [0.2, 0.25) is 5.02 Å². The smallest absolute Gasteiger partial charge is 0.260 e. The van der Waals surface area contributed by atoms with E-state index in [2.05, 4.69) is 24.1 Å². The molecular formula is C18H27ClN2O2. The maximum atomic E-state index is 12.2. The van der Waals surface area contributed by atoms with E-state index in [1.54, 1.807) is 25.1 Å². The Morgan fingerprint density at radius 1 is 1.39 bits per heavy atom. The van der Waals surface area contributed by atoms with Crippen molar-refractivity contribution in [2.45, 2.75) is 45.8 Å². The molecule has 1 aromatic rings. The Balaban J connectivity index is 1.75. The molecule has 128 valence electrons. The number of ether oxygens (including phenoxy) is 1. The maximum absolute atomic E-state index is 12.2. The number of hydrogen-bond donors (Lipinski definition) is 1. The largest absolute Gasteiger partial charge is 0.481 e. The quantitative estimate of drug-likeness (QED) is 0.865. The maximum Gasteiger partial charge on any atom is 0.260 e. The van der Waals surface area contributed by atoms with Crippen molar-refractivity contribution in [3.8, 4) is 5.75 Å². The number of benzene rings is 1. The Kier molecular flexibility index (Phi) is 6.72. The third kappa shape index (κ3) is 5.70. The van der Waals surface area contributed by atoms with Gasteiger partial charge in [0.1, 0.15) is 5.75 Å². The molecule has 0 bridgehead atoms. The first kappa shape index (κ1) is 18.1. The summed E-state index contributed by atoms with van der Waals surface area (Å²) in [5.74, 6) is 1.33. The van der Waals surface area contributed by atoms with Crippen LogP contribution in [-0.4, -0.2) is 42.6 Å². The van der Waals surface area contributed by atoms with E-state index in [1.807, 2.05) is 6.07 Å². The van der Waals surface area contributed by atoms with Gasteiger partial charge in [-0.15, -0.1) is 0 Å². The Bertz CT molecular complexity index is 515. The Labute approximate surface area is 144 Å². The van der Waals surface area contributed by atoms with Gasteiger partial charge in [-0.25, -0.2) is 0 Å². The lowest BCUT2D eigenvalue weighted by Crippen LogP contribution is -2.47. The molecule has 0 aromatic heterocycles. The summed E-state index contributed by atoms with van der Waals surface area (Å²) in [6.45, 7) is 9.11. The number of carbonyl (C=O) groups is 1. The molecule has 0 unspecified atom stereocenters. The standard InChI is InChI=1S/C18H27ClN2O2/c1-13-7-9-21(10-8-13)14(2)12-20-18(22)15(3)23-17-6-4-5-16(19)11-17/h4-6,11,13-15H,7-10,12H2,1-3H3,(H,20,22)/t14-,15-/m0/s1. The summed E-state index contributed by atoms with van der Waals surface area (Å²) < 4.78 is 5.64. The van der Waals surface area contributed by atoms with Gasteiger partial charge < -0.3 is 10.1 Å². The molecule has 1 aliphatic heterocycles. The van der Waals surface area contributed by atoms with Crippen molar-refractivity contribution >= 4 is 17.5 Å². The Morgan fingerprint density at radius 3 is 2.74 bits per heavy atom. The van der Waals surface area contributed by atoms with Crippen LogP contribution >= 0.6 is 11.6 Å². The zero-order chi connectivity index (χ0) is 16.8. The Morgan fingerprint density at radius 2 is 2.09 bits per heavy atom. The van der Waals surface area contributed by atoms with Crippen LogP contribution in [0, 0.1) is 5.92 Å². The minimum atomic E-state index is -0.540. The lowest BCUT2D eigenvalue weighted by atomic mass is 9.98. The van der Waals surface area contributed by atoms with Crippen LogP contribution in [0.25, 0.3) is 0 Å². The van der Waals surface area contributed by atoms with E-state index in [0.717, 1.165) is 19.0 Å². The molecule has 1 saturated heterocycles. The number of amides is 1. The molecule has 1 amide bonds. The first-order valence-corrected chi connectivity index (χ1v) is 8.77. The molecular weight excluding hydrogens is 312 g/mol. The summed E-state index contributed by atoms with van der Waals surface area (Å²) in [5, 5.41) is 3.59. The van der Waals surface area contributed by atoms with Gasteiger partial charge in [-0.05, 0) is 63.9 Å². The van der Waals surface area contributed by atoms with Gasteiger partial charge in [0.15, 0.2) is 6.10 Å². The summed E-state index contributed by atoms with van der Waals surface area (Å²) in [5.41, 5.74) is 0. The summed E-state index contributed by atoms with van der Waals surface area (Å²) in [7, 11) is 0. The molecule has 1 heterocycles. The third-order valence-corrected chi connectivity index (χ3v) is 4.73. The predicted molar refractivity (Wildman–Crippen MR) is 94.0 cm³/mol. The molecule has 2 rings (SSSR count). The Hall–Kier alpha value is -1.26. The molecule has 4 nitrogen and oxygen atoms in total. The minimum Gasteiger partial charge on any atom is -0.481 e. The first-order chi connectivity index (χ1) is 11.0.